The van der Waals surface area contributed by atoms with Gasteiger partial charge in [-0.2, -0.15) is 0 Å². The van der Waals surface area contributed by atoms with Gasteiger partial charge in [0.2, 0.25) is 0 Å². The van der Waals surface area contributed by atoms with Gasteiger partial charge >= 0.3 is 0 Å². The highest BCUT2D eigenvalue weighted by Gasteiger charge is 2.73. The molecular formula is C26H25N3O5. The van der Waals surface area contributed by atoms with E-state index >= 15 is 0 Å². The lowest BCUT2D eigenvalue weighted by Crippen LogP contribution is -2.74. The zero-order valence-corrected chi connectivity index (χ0v) is 18.6. The van der Waals surface area contributed by atoms with Crippen LogP contribution in [0.1, 0.15) is 47.8 Å². The number of aliphatic hydroxyl groups is 1. The molecule has 2 fully saturated rings. The summed E-state index contributed by atoms with van der Waals surface area (Å²) in [5, 5.41) is 36.1. The molecule has 0 radical (unpaired) electrons. The molecule has 2 bridgehead atoms. The molecule has 3 aromatic rings. The third-order valence-electron chi connectivity index (χ3n) is 9.37. The molecule has 8 heteroatoms. The molecule has 0 unspecified atom stereocenters. The van der Waals surface area contributed by atoms with Crippen molar-refractivity contribution < 1.29 is 19.9 Å². The van der Waals surface area contributed by atoms with Crippen molar-refractivity contribution in [1.82, 2.24) is 9.88 Å². The smallest absolute Gasteiger partial charge is 0.293 e. The van der Waals surface area contributed by atoms with Crippen molar-refractivity contribution in [3.8, 4) is 11.5 Å². The number of benzene rings is 2. The average molecular weight is 460 g/mol. The van der Waals surface area contributed by atoms with E-state index in [2.05, 4.69) is 9.88 Å². The molecule has 2 aliphatic heterocycles. The lowest BCUT2D eigenvalue weighted by Gasteiger charge is -2.62. The first kappa shape index (κ1) is 19.2. The summed E-state index contributed by atoms with van der Waals surface area (Å²) in [6, 6.07) is 8.73. The maximum absolute atomic E-state index is 12.8. The van der Waals surface area contributed by atoms with E-state index in [9.17, 15) is 20.3 Å². The number of H-pyrrole nitrogens is 1. The molecule has 8 nitrogen and oxygen atoms in total. The fraction of sp³-hybridized carbons (Fsp3) is 0.462. The van der Waals surface area contributed by atoms with Gasteiger partial charge < -0.3 is 19.9 Å². The lowest BCUT2D eigenvalue weighted by molar-refractivity contribution is -0.383. The van der Waals surface area contributed by atoms with Crippen molar-refractivity contribution >= 4 is 16.6 Å². The molecule has 34 heavy (non-hydrogen) atoms. The number of rotatable bonds is 3. The Bertz CT molecular complexity index is 1430. The molecule has 8 rings (SSSR count). The van der Waals surface area contributed by atoms with Gasteiger partial charge in [-0.1, -0.05) is 18.2 Å². The number of phenols is 1. The van der Waals surface area contributed by atoms with Crippen molar-refractivity contribution in [2.24, 2.45) is 5.92 Å². The number of hydrogen-bond acceptors (Lipinski definition) is 6. The van der Waals surface area contributed by atoms with Crippen molar-refractivity contribution in [3.05, 3.63) is 62.8 Å². The molecule has 1 saturated carbocycles. The van der Waals surface area contributed by atoms with Gasteiger partial charge in [-0.3, -0.25) is 15.0 Å². The number of aromatic nitrogens is 1. The Morgan fingerprint density at radius 2 is 2.12 bits per heavy atom. The van der Waals surface area contributed by atoms with Gasteiger partial charge in [-0.25, -0.2) is 0 Å². The SMILES string of the molecule is O=[N+]([O-])c1cccc2c3c([nH]c12)[C@@H]1Oc2c(O)ccc4c2[C@@]12CCN(CC1CC1)[C@H](C4)[C@]2(O)C3. The largest absolute Gasteiger partial charge is 0.504 e. The van der Waals surface area contributed by atoms with Crippen molar-refractivity contribution in [3.63, 3.8) is 0 Å². The van der Waals surface area contributed by atoms with Gasteiger partial charge in [-0.15, -0.1) is 0 Å². The predicted molar refractivity (Wildman–Crippen MR) is 123 cm³/mol. The van der Waals surface area contributed by atoms with Crippen LogP contribution >= 0.6 is 0 Å². The number of aromatic hydroxyl groups is 1. The summed E-state index contributed by atoms with van der Waals surface area (Å²) < 4.78 is 6.53. The fourth-order valence-corrected chi connectivity index (χ4v) is 7.78. The Morgan fingerprint density at radius 1 is 1.26 bits per heavy atom. The molecule has 3 aliphatic carbocycles. The summed E-state index contributed by atoms with van der Waals surface area (Å²) in [5.41, 5.74) is 2.49. The summed E-state index contributed by atoms with van der Waals surface area (Å²) in [7, 11) is 0. The maximum Gasteiger partial charge on any atom is 0.293 e. The minimum atomic E-state index is -1.09. The molecule has 3 N–H and O–H groups in total. The summed E-state index contributed by atoms with van der Waals surface area (Å²) in [6.45, 7) is 1.87. The van der Waals surface area contributed by atoms with E-state index in [1.165, 1.54) is 18.9 Å². The number of non-ortho nitro benzene ring substituents is 1. The van der Waals surface area contributed by atoms with E-state index in [4.69, 9.17) is 4.74 Å². The molecule has 1 saturated heterocycles. The maximum atomic E-state index is 12.8. The molecule has 1 aromatic heterocycles. The van der Waals surface area contributed by atoms with E-state index in [-0.39, 0.29) is 22.4 Å². The van der Waals surface area contributed by atoms with Crippen LogP contribution in [0.15, 0.2) is 30.3 Å². The van der Waals surface area contributed by atoms with Gasteiger partial charge in [0.25, 0.3) is 5.69 Å². The summed E-state index contributed by atoms with van der Waals surface area (Å²) >= 11 is 0. The Labute approximate surface area is 195 Å². The number of likely N-dealkylation sites (tertiary alicyclic amines) is 1. The monoisotopic (exact) mass is 459 g/mol. The predicted octanol–water partition coefficient (Wildman–Crippen LogP) is 3.48. The number of para-hydroxylation sites is 1. The Balaban J connectivity index is 1.42. The van der Waals surface area contributed by atoms with Crippen molar-refractivity contribution in [2.75, 3.05) is 13.1 Å². The molecule has 2 aromatic carbocycles. The molecular weight excluding hydrogens is 434 g/mol. The number of nitro benzene ring substituents is 1. The number of piperidine rings is 1. The number of nitrogens with zero attached hydrogens (tertiary/aromatic N) is 2. The number of nitrogens with one attached hydrogen (secondary N) is 1. The number of nitro groups is 1. The van der Waals surface area contributed by atoms with E-state index in [1.807, 2.05) is 12.1 Å². The van der Waals surface area contributed by atoms with Gasteiger partial charge in [0.15, 0.2) is 17.6 Å². The van der Waals surface area contributed by atoms with Gasteiger partial charge in [-0.05, 0) is 55.3 Å². The van der Waals surface area contributed by atoms with Crippen LogP contribution in [0.4, 0.5) is 5.69 Å². The van der Waals surface area contributed by atoms with Gasteiger partial charge in [0.05, 0.1) is 21.6 Å². The van der Waals surface area contributed by atoms with E-state index in [0.29, 0.717) is 30.0 Å². The Kier molecular flexibility index (Phi) is 3.35. The first-order valence-corrected chi connectivity index (χ1v) is 12.2. The zero-order chi connectivity index (χ0) is 23.0. The van der Waals surface area contributed by atoms with Crippen molar-refractivity contribution in [2.45, 2.75) is 55.3 Å². The third kappa shape index (κ3) is 2.04. The van der Waals surface area contributed by atoms with Crippen LogP contribution in [0.25, 0.3) is 10.9 Å². The third-order valence-corrected chi connectivity index (χ3v) is 9.37. The number of ether oxygens (including phenoxy) is 1. The fourth-order valence-electron chi connectivity index (χ4n) is 7.78. The molecule has 4 atom stereocenters. The second kappa shape index (κ2) is 5.93. The minimum absolute atomic E-state index is 0.0248. The zero-order valence-electron chi connectivity index (χ0n) is 18.6. The normalized spacial score (nSPS) is 32.9. The van der Waals surface area contributed by atoms with Gasteiger partial charge in [0, 0.05) is 36.0 Å². The Morgan fingerprint density at radius 3 is 2.91 bits per heavy atom. The van der Waals surface area contributed by atoms with E-state index < -0.39 is 17.1 Å². The van der Waals surface area contributed by atoms with E-state index in [0.717, 1.165) is 47.3 Å². The lowest BCUT2D eigenvalue weighted by atomic mass is 9.49. The Hall–Kier alpha value is -3.10. The van der Waals surface area contributed by atoms with Crippen LogP contribution < -0.4 is 4.74 Å². The second-order valence-electron chi connectivity index (χ2n) is 10.9. The minimum Gasteiger partial charge on any atom is -0.504 e. The first-order chi connectivity index (χ1) is 16.4. The van der Waals surface area contributed by atoms with Crippen LogP contribution in [0.3, 0.4) is 0 Å². The topological polar surface area (TPSA) is 112 Å². The van der Waals surface area contributed by atoms with Crippen LogP contribution in [-0.2, 0) is 18.3 Å². The average Bonchev–Trinajstić information content (AvgIpc) is 3.44. The summed E-state index contributed by atoms with van der Waals surface area (Å²) in [5.74, 6) is 1.27. The highest BCUT2D eigenvalue weighted by Crippen LogP contribution is 2.69. The molecule has 0 amide bonds. The quantitative estimate of drug-likeness (QED) is 0.408. The van der Waals surface area contributed by atoms with Crippen LogP contribution in [0.2, 0.25) is 0 Å². The standard InChI is InChI=1S/C26H25N3O5/c30-18-7-6-14-10-19-26(31)11-16-15-2-1-3-17(29(32)33)21(15)27-22(16)24-25(26,20(14)23(18)34-24)8-9-28(19)12-13-4-5-13/h1-3,6-7,13,19,24,27,30-31H,4-5,8-12H2/t19-,24+,25+,26-/m1/s1. The van der Waals surface area contributed by atoms with Gasteiger partial charge in [0.1, 0.15) is 5.52 Å². The number of hydrogen-bond donors (Lipinski definition) is 3. The molecule has 174 valence electrons. The molecule has 5 aliphatic rings. The van der Waals surface area contributed by atoms with Crippen LogP contribution in [-0.4, -0.2) is 49.8 Å². The molecule has 3 heterocycles. The van der Waals surface area contributed by atoms with Crippen LogP contribution in [0, 0.1) is 16.0 Å². The number of fused-ring (bicyclic) bond motifs is 4. The highest BCUT2D eigenvalue weighted by molar-refractivity contribution is 5.92. The second-order valence-corrected chi connectivity index (χ2v) is 10.9. The van der Waals surface area contributed by atoms with E-state index in [1.54, 1.807) is 12.1 Å². The first-order valence-electron chi connectivity index (χ1n) is 12.2. The highest BCUT2D eigenvalue weighted by atomic mass is 16.6. The molecule has 1 spiro atoms. The van der Waals surface area contributed by atoms with Crippen molar-refractivity contribution in [1.29, 1.82) is 0 Å². The number of phenolic OH excluding ortho intramolecular Hbond substituents is 1. The number of aromatic amines is 1. The summed E-state index contributed by atoms with van der Waals surface area (Å²) in [6.07, 6.45) is 3.82. The van der Waals surface area contributed by atoms with Crippen LogP contribution in [0.5, 0.6) is 11.5 Å². The summed E-state index contributed by atoms with van der Waals surface area (Å²) in [4.78, 5) is 17.2.